The molecule has 2 aromatic heterocycles. The lowest BCUT2D eigenvalue weighted by atomic mass is 9.95. The molecule has 1 aliphatic rings. The first kappa shape index (κ1) is 19.9. The summed E-state index contributed by atoms with van der Waals surface area (Å²) in [6, 6.07) is 16.3. The molecule has 0 radical (unpaired) electrons. The van der Waals surface area contributed by atoms with Gasteiger partial charge in [-0.3, -0.25) is 14.5 Å². The van der Waals surface area contributed by atoms with Crippen molar-refractivity contribution in [1.82, 2.24) is 20.1 Å². The van der Waals surface area contributed by atoms with Crippen LogP contribution in [0.1, 0.15) is 22.5 Å². The number of nitrogens with one attached hydrogen (secondary N) is 1. The van der Waals surface area contributed by atoms with E-state index in [-0.39, 0.29) is 5.91 Å². The molecule has 0 fully saturated rings. The molecular formula is C25H24N6O. The van der Waals surface area contributed by atoms with Gasteiger partial charge in [0.15, 0.2) is 0 Å². The lowest BCUT2D eigenvalue weighted by molar-refractivity contribution is 0.0958. The monoisotopic (exact) mass is 424 g/mol. The minimum absolute atomic E-state index is 0.197. The van der Waals surface area contributed by atoms with Crippen LogP contribution in [0.4, 0.5) is 11.5 Å². The molecule has 4 aromatic rings. The third-order valence-electron chi connectivity index (χ3n) is 5.91. The van der Waals surface area contributed by atoms with Gasteiger partial charge in [-0.2, -0.15) is 5.10 Å². The normalized spacial score (nSPS) is 14.6. The summed E-state index contributed by atoms with van der Waals surface area (Å²) < 4.78 is 1.80. The average molecular weight is 425 g/mol. The largest absolute Gasteiger partial charge is 0.354 e. The summed E-state index contributed by atoms with van der Waals surface area (Å²) >= 11 is 0. The van der Waals surface area contributed by atoms with Gasteiger partial charge in [0.05, 0.1) is 11.9 Å². The Morgan fingerprint density at radius 3 is 2.72 bits per heavy atom. The van der Waals surface area contributed by atoms with Gasteiger partial charge in [0.2, 0.25) is 0 Å². The molecule has 3 heterocycles. The predicted octanol–water partition coefficient (Wildman–Crippen LogP) is 3.96. The molecule has 1 N–H and O–H groups in total. The van der Waals surface area contributed by atoms with Crippen molar-refractivity contribution in [1.29, 1.82) is 0 Å². The summed E-state index contributed by atoms with van der Waals surface area (Å²) in [5.41, 5.74) is 5.75. The van der Waals surface area contributed by atoms with Crippen molar-refractivity contribution in [3.8, 4) is 11.1 Å². The molecule has 0 atom stereocenters. The molecule has 0 saturated carbocycles. The van der Waals surface area contributed by atoms with Crippen molar-refractivity contribution in [2.24, 2.45) is 12.0 Å². The van der Waals surface area contributed by atoms with Crippen LogP contribution in [0.25, 0.3) is 21.9 Å². The lowest BCUT2D eigenvalue weighted by Gasteiger charge is -2.32. The summed E-state index contributed by atoms with van der Waals surface area (Å²) in [5, 5.41) is 8.99. The molecule has 0 bridgehead atoms. The molecule has 0 saturated heterocycles. The third kappa shape index (κ3) is 3.32. The van der Waals surface area contributed by atoms with Crippen LogP contribution in [-0.4, -0.2) is 47.0 Å². The van der Waals surface area contributed by atoms with Gasteiger partial charge in [-0.15, -0.1) is 0 Å². The summed E-state index contributed by atoms with van der Waals surface area (Å²) in [6.45, 7) is 0.736. The summed E-state index contributed by atoms with van der Waals surface area (Å²) in [4.78, 5) is 24.0. The van der Waals surface area contributed by atoms with Gasteiger partial charge in [0, 0.05) is 62.5 Å². The van der Waals surface area contributed by atoms with E-state index in [1.165, 1.54) is 0 Å². The first-order valence-electron chi connectivity index (χ1n) is 10.6. The van der Waals surface area contributed by atoms with E-state index in [2.05, 4.69) is 44.6 Å². The van der Waals surface area contributed by atoms with Crippen LogP contribution in [0.15, 0.2) is 65.9 Å². The maximum atomic E-state index is 12.4. The van der Waals surface area contributed by atoms with Gasteiger partial charge in [0.25, 0.3) is 5.91 Å². The van der Waals surface area contributed by atoms with Crippen LogP contribution in [0, 0.1) is 0 Å². The topological polar surface area (TPSA) is 75.4 Å². The molecule has 160 valence electrons. The highest BCUT2D eigenvalue weighted by molar-refractivity contribution is 6.10. The fraction of sp³-hybridized carbons (Fsp3) is 0.200. The number of aromatic nitrogens is 3. The fourth-order valence-corrected chi connectivity index (χ4v) is 4.31. The first-order valence-corrected chi connectivity index (χ1v) is 10.6. The second-order valence-electron chi connectivity index (χ2n) is 7.84. The fourth-order valence-electron chi connectivity index (χ4n) is 4.31. The number of benzene rings is 2. The van der Waals surface area contributed by atoms with Crippen LogP contribution < -0.4 is 10.2 Å². The minimum Gasteiger partial charge on any atom is -0.354 e. The summed E-state index contributed by atoms with van der Waals surface area (Å²) in [6.07, 6.45) is 4.67. The lowest BCUT2D eigenvalue weighted by Crippen LogP contribution is -2.30. The number of nitrogens with zero attached hydrogens (tertiary/aromatic N) is 5. The number of pyridine rings is 1. The molecule has 32 heavy (non-hydrogen) atoms. The highest BCUT2D eigenvalue weighted by Crippen LogP contribution is 2.38. The molecule has 0 aliphatic carbocycles. The van der Waals surface area contributed by atoms with Crippen molar-refractivity contribution < 1.29 is 4.79 Å². The van der Waals surface area contributed by atoms with Gasteiger partial charge in [-0.05, 0) is 29.1 Å². The number of carbonyl (C=O) groups excluding carboxylic acids is 1. The van der Waals surface area contributed by atoms with Crippen LogP contribution in [0.3, 0.4) is 0 Å². The molecule has 7 nitrogen and oxygen atoms in total. The average Bonchev–Trinajstić information content (AvgIpc) is 3.28. The van der Waals surface area contributed by atoms with E-state index in [0.717, 1.165) is 57.6 Å². The molecule has 2 aromatic carbocycles. The number of aryl methyl sites for hydroxylation is 1. The third-order valence-corrected chi connectivity index (χ3v) is 5.91. The zero-order chi connectivity index (χ0) is 22.2. The smallest absolute Gasteiger partial charge is 0.269 e. The van der Waals surface area contributed by atoms with Crippen LogP contribution in [-0.2, 0) is 7.05 Å². The minimum atomic E-state index is -0.197. The Morgan fingerprint density at radius 1 is 1.12 bits per heavy atom. The quantitative estimate of drug-likeness (QED) is 0.540. The number of carbonyl (C=O) groups is 1. The molecule has 7 heteroatoms. The van der Waals surface area contributed by atoms with Crippen molar-refractivity contribution in [2.75, 3.05) is 25.5 Å². The van der Waals surface area contributed by atoms with E-state index >= 15 is 0 Å². The number of anilines is 2. The van der Waals surface area contributed by atoms with Crippen LogP contribution >= 0.6 is 0 Å². The van der Waals surface area contributed by atoms with Crippen molar-refractivity contribution in [3.05, 3.63) is 72.2 Å². The van der Waals surface area contributed by atoms with Crippen LogP contribution in [0.2, 0.25) is 0 Å². The SMILES string of the molecule is CN=C1CCN(c2nc(C(=O)NC)cc3ccccc23)c2ccc(-c3cnn(C)c3)cc21. The maximum Gasteiger partial charge on any atom is 0.269 e. The first-order chi connectivity index (χ1) is 15.6. The molecule has 0 spiro atoms. The van der Waals surface area contributed by atoms with Gasteiger partial charge in [0.1, 0.15) is 11.5 Å². The Kier molecular flexibility index (Phi) is 4.93. The number of fused-ring (bicyclic) bond motifs is 2. The Morgan fingerprint density at radius 2 is 1.97 bits per heavy atom. The van der Waals surface area contributed by atoms with Crippen molar-refractivity contribution >= 4 is 33.9 Å². The van der Waals surface area contributed by atoms with E-state index in [9.17, 15) is 4.79 Å². The Labute approximate surface area is 186 Å². The van der Waals surface area contributed by atoms with Crippen molar-refractivity contribution in [2.45, 2.75) is 6.42 Å². The number of amides is 1. The molecule has 0 unspecified atom stereocenters. The van der Waals surface area contributed by atoms with E-state index in [4.69, 9.17) is 4.98 Å². The second-order valence-corrected chi connectivity index (χ2v) is 7.84. The zero-order valence-electron chi connectivity index (χ0n) is 18.3. The van der Waals surface area contributed by atoms with Gasteiger partial charge in [-0.1, -0.05) is 30.3 Å². The van der Waals surface area contributed by atoms with E-state index in [1.807, 2.05) is 50.8 Å². The van der Waals surface area contributed by atoms with E-state index in [0.29, 0.717) is 5.69 Å². The van der Waals surface area contributed by atoms with Gasteiger partial charge >= 0.3 is 0 Å². The number of aliphatic imine (C=N–C) groups is 1. The van der Waals surface area contributed by atoms with Gasteiger partial charge < -0.3 is 10.2 Å². The zero-order valence-corrected chi connectivity index (χ0v) is 18.3. The van der Waals surface area contributed by atoms with Gasteiger partial charge in [-0.25, -0.2) is 4.98 Å². The molecule has 1 aliphatic heterocycles. The Hall–Kier alpha value is -4.00. The predicted molar refractivity (Wildman–Crippen MR) is 128 cm³/mol. The Balaban J connectivity index is 1.70. The highest BCUT2D eigenvalue weighted by Gasteiger charge is 2.26. The maximum absolute atomic E-state index is 12.4. The highest BCUT2D eigenvalue weighted by atomic mass is 16.1. The second kappa shape index (κ2) is 7.92. The molecule has 1 amide bonds. The number of hydrogen-bond donors (Lipinski definition) is 1. The summed E-state index contributed by atoms with van der Waals surface area (Å²) in [5.74, 6) is 0.587. The summed E-state index contributed by atoms with van der Waals surface area (Å²) in [7, 11) is 5.38. The van der Waals surface area contributed by atoms with Crippen molar-refractivity contribution in [3.63, 3.8) is 0 Å². The number of rotatable bonds is 3. The van der Waals surface area contributed by atoms with E-state index in [1.54, 1.807) is 11.7 Å². The van der Waals surface area contributed by atoms with E-state index < -0.39 is 0 Å². The Bertz CT molecular complexity index is 1370. The molecular weight excluding hydrogens is 400 g/mol. The standard InChI is InChI=1S/C25H24N6O/c1-26-21-10-11-31(23-9-8-16(12-20(21)23)18-14-28-30(3)15-18)24-19-7-5-4-6-17(19)13-22(29-24)25(32)27-2/h4-9,12-15H,10-11H2,1-3H3,(H,27,32). The number of hydrogen-bond acceptors (Lipinski definition) is 5. The molecule has 5 rings (SSSR count). The van der Waals surface area contributed by atoms with Crippen LogP contribution in [0.5, 0.6) is 0 Å².